The third-order valence-corrected chi connectivity index (χ3v) is 2.84. The number of aliphatic imine (C=N–C) groups is 1. The number of aromatic nitrogens is 1. The first-order chi connectivity index (χ1) is 8.26. The first-order valence-corrected chi connectivity index (χ1v) is 6.01. The van der Waals surface area contributed by atoms with Crippen LogP contribution in [-0.2, 0) is 0 Å². The zero-order valence-corrected chi connectivity index (χ0v) is 10.6. The normalized spacial score (nSPS) is 17.2. The maximum atomic E-state index is 4.39. The first-order valence-electron chi connectivity index (χ1n) is 6.01. The van der Waals surface area contributed by atoms with Crippen molar-refractivity contribution in [2.45, 2.75) is 33.6 Å². The summed E-state index contributed by atoms with van der Waals surface area (Å²) in [5.41, 5.74) is 8.48. The highest BCUT2D eigenvalue weighted by Crippen LogP contribution is 2.09. The fourth-order valence-electron chi connectivity index (χ4n) is 1.95. The highest BCUT2D eigenvalue weighted by Gasteiger charge is 2.05. The van der Waals surface area contributed by atoms with Gasteiger partial charge in [0, 0.05) is 30.8 Å². The largest absolute Gasteiger partial charge is 0.419 e. The lowest BCUT2D eigenvalue weighted by atomic mass is 10.2. The zero-order valence-electron chi connectivity index (χ0n) is 10.6. The second-order valence-corrected chi connectivity index (χ2v) is 3.97. The van der Waals surface area contributed by atoms with Crippen LogP contribution < -0.4 is 15.0 Å². The molecule has 0 spiro atoms. The van der Waals surface area contributed by atoms with Crippen LogP contribution in [0.4, 0.5) is 0 Å². The van der Waals surface area contributed by atoms with E-state index in [0.29, 0.717) is 0 Å². The van der Waals surface area contributed by atoms with Gasteiger partial charge in [-0.25, -0.2) is 0 Å². The highest BCUT2D eigenvalue weighted by atomic mass is 15.5. The van der Waals surface area contributed by atoms with Crippen LogP contribution in [0, 0.1) is 5.71 Å². The summed E-state index contributed by atoms with van der Waals surface area (Å²) >= 11 is 0. The molecule has 4 heteroatoms. The Bertz CT molecular complexity index is 551. The summed E-state index contributed by atoms with van der Waals surface area (Å²) < 4.78 is 2.18. The molecule has 1 N–H and O–H groups in total. The Morgan fingerprint density at radius 1 is 1.35 bits per heavy atom. The predicted molar refractivity (Wildman–Crippen MR) is 68.5 cm³/mol. The van der Waals surface area contributed by atoms with E-state index in [1.54, 1.807) is 0 Å². The van der Waals surface area contributed by atoms with Gasteiger partial charge in [-0.3, -0.25) is 0 Å². The van der Waals surface area contributed by atoms with Crippen molar-refractivity contribution in [1.82, 2.24) is 5.43 Å². The molecule has 1 aliphatic rings. The third kappa shape index (κ3) is 2.30. The van der Waals surface area contributed by atoms with E-state index in [2.05, 4.69) is 40.1 Å². The predicted octanol–water partition coefficient (Wildman–Crippen LogP) is 1.55. The summed E-state index contributed by atoms with van der Waals surface area (Å²) in [6.07, 6.45) is 4.13. The Balaban J connectivity index is 2.77. The SMILES string of the molecule is CCC(CC)=[n+]1ccccc1=C1N=C(C)N[N-]1. The molecule has 0 atom stereocenters. The second-order valence-electron chi connectivity index (χ2n) is 3.97. The molecule has 0 amide bonds. The third-order valence-electron chi connectivity index (χ3n) is 2.84. The van der Waals surface area contributed by atoms with Gasteiger partial charge in [-0.15, -0.1) is 0 Å². The second kappa shape index (κ2) is 4.99. The number of amidine groups is 1. The Hall–Kier alpha value is -1.84. The monoisotopic (exact) mass is 230 g/mol. The molecule has 0 radical (unpaired) electrons. The van der Waals surface area contributed by atoms with Crippen LogP contribution in [0.2, 0.25) is 0 Å². The van der Waals surface area contributed by atoms with Crippen LogP contribution in [-0.4, -0.2) is 5.84 Å². The number of rotatable bonds is 2. The lowest BCUT2D eigenvalue weighted by Gasteiger charge is -2.04. The lowest BCUT2D eigenvalue weighted by molar-refractivity contribution is -0.541. The van der Waals surface area contributed by atoms with Crippen molar-refractivity contribution < 1.29 is 4.24 Å². The van der Waals surface area contributed by atoms with E-state index < -0.39 is 0 Å². The van der Waals surface area contributed by atoms with Gasteiger partial charge < -0.3 is 15.8 Å². The van der Waals surface area contributed by atoms with E-state index in [-0.39, 0.29) is 0 Å². The quantitative estimate of drug-likeness (QED) is 0.770. The summed E-state index contributed by atoms with van der Waals surface area (Å²) in [6, 6.07) is 6.10. The van der Waals surface area contributed by atoms with Crippen molar-refractivity contribution in [1.29, 1.82) is 0 Å². The maximum absolute atomic E-state index is 4.39. The van der Waals surface area contributed by atoms with Crippen molar-refractivity contribution >= 4 is 11.7 Å². The Morgan fingerprint density at radius 3 is 2.71 bits per heavy atom. The maximum Gasteiger partial charge on any atom is 0.210 e. The summed E-state index contributed by atoms with van der Waals surface area (Å²) in [5, 5.41) is 1.04. The fourth-order valence-corrected chi connectivity index (χ4v) is 1.95. The summed E-state index contributed by atoms with van der Waals surface area (Å²) in [7, 11) is 0. The van der Waals surface area contributed by atoms with E-state index in [1.165, 1.54) is 5.71 Å². The summed E-state index contributed by atoms with van der Waals surface area (Å²) in [6.45, 7) is 6.26. The van der Waals surface area contributed by atoms with Gasteiger partial charge in [-0.2, -0.15) is 4.24 Å². The zero-order chi connectivity index (χ0) is 12.3. The van der Waals surface area contributed by atoms with Crippen molar-refractivity contribution in [3.05, 3.63) is 40.9 Å². The summed E-state index contributed by atoms with van der Waals surface area (Å²) in [5.74, 6) is 1.59. The smallest absolute Gasteiger partial charge is 0.210 e. The minimum atomic E-state index is 0.752. The van der Waals surface area contributed by atoms with Crippen LogP contribution in [0.1, 0.15) is 33.6 Å². The molecule has 90 valence electrons. The lowest BCUT2D eigenvalue weighted by Crippen LogP contribution is -2.41. The van der Waals surface area contributed by atoms with Gasteiger partial charge in [0.1, 0.15) is 0 Å². The Kier molecular flexibility index (Phi) is 3.42. The standard InChI is InChI=1S/C13H18N4/c1-4-11(5-2)17-9-7-6-8-12(17)13-14-10(3)15-16-13/h6-9H,4-5H2,1-3H3,(H,14,15). The van der Waals surface area contributed by atoms with Gasteiger partial charge in [0.25, 0.3) is 0 Å². The molecule has 2 rings (SSSR count). The topological polar surface area (TPSA) is 44.4 Å². The van der Waals surface area contributed by atoms with E-state index in [4.69, 9.17) is 0 Å². The Labute approximate surface area is 101 Å². The van der Waals surface area contributed by atoms with E-state index in [1.807, 2.05) is 25.1 Å². The van der Waals surface area contributed by atoms with Gasteiger partial charge >= 0.3 is 0 Å². The average molecular weight is 230 g/mol. The molecule has 1 aromatic heterocycles. The molecule has 0 unspecified atom stereocenters. The van der Waals surface area contributed by atoms with Crippen molar-refractivity contribution in [2.75, 3.05) is 0 Å². The van der Waals surface area contributed by atoms with Gasteiger partial charge in [-0.1, -0.05) is 13.8 Å². The van der Waals surface area contributed by atoms with Crippen LogP contribution in [0.5, 0.6) is 0 Å². The molecule has 0 saturated carbocycles. The number of pyridine rings is 1. The first kappa shape index (κ1) is 11.6. The molecule has 1 aromatic rings. The summed E-state index contributed by atoms with van der Waals surface area (Å²) in [4.78, 5) is 4.39. The molecule has 0 bridgehead atoms. The minimum absolute atomic E-state index is 0.752. The van der Waals surface area contributed by atoms with Crippen LogP contribution in [0.3, 0.4) is 0 Å². The van der Waals surface area contributed by atoms with Crippen LogP contribution in [0.15, 0.2) is 29.4 Å². The van der Waals surface area contributed by atoms with Gasteiger partial charge in [0.05, 0.1) is 0 Å². The molecule has 1 aliphatic heterocycles. The minimum Gasteiger partial charge on any atom is -0.419 e. The highest BCUT2D eigenvalue weighted by molar-refractivity contribution is 5.91. The van der Waals surface area contributed by atoms with Crippen molar-refractivity contribution in [3.8, 4) is 0 Å². The Morgan fingerprint density at radius 2 is 2.12 bits per heavy atom. The van der Waals surface area contributed by atoms with Crippen LogP contribution >= 0.6 is 0 Å². The van der Waals surface area contributed by atoms with E-state index in [9.17, 15) is 0 Å². The molecule has 4 nitrogen and oxygen atoms in total. The average Bonchev–Trinajstić information content (AvgIpc) is 2.78. The molecule has 2 heterocycles. The number of nitrogens with zero attached hydrogens (tertiary/aromatic N) is 3. The van der Waals surface area contributed by atoms with E-state index >= 15 is 0 Å². The van der Waals surface area contributed by atoms with E-state index in [0.717, 1.165) is 29.8 Å². The molecule has 0 saturated heterocycles. The number of nitrogens with one attached hydrogen (secondary N) is 1. The van der Waals surface area contributed by atoms with Gasteiger partial charge in [0.15, 0.2) is 11.9 Å². The van der Waals surface area contributed by atoms with Crippen molar-refractivity contribution in [3.63, 3.8) is 0 Å². The molecule has 0 aliphatic carbocycles. The van der Waals surface area contributed by atoms with Gasteiger partial charge in [0.2, 0.25) is 5.35 Å². The molecular formula is C13H18N4. The fraction of sp³-hybridized carbons (Fsp3) is 0.385. The van der Waals surface area contributed by atoms with Crippen LogP contribution in [0.25, 0.3) is 11.2 Å². The van der Waals surface area contributed by atoms with Gasteiger partial charge in [-0.05, 0) is 18.8 Å². The molecular weight excluding hydrogens is 212 g/mol. The molecule has 17 heavy (non-hydrogen) atoms. The van der Waals surface area contributed by atoms with Crippen molar-refractivity contribution in [2.24, 2.45) is 4.99 Å². The molecule has 0 aromatic carbocycles. The number of hydrogen-bond donors (Lipinski definition) is 1. The molecule has 0 fully saturated rings. The number of hydrogen-bond acceptors (Lipinski definition) is 2.